The molecule has 0 aliphatic carbocycles. The second-order valence-electron chi connectivity index (χ2n) is 4.24. The average Bonchev–Trinajstić information content (AvgIpc) is 2.27. The molecule has 0 spiro atoms. The van der Waals surface area contributed by atoms with Crippen molar-refractivity contribution >= 4 is 10.8 Å². The van der Waals surface area contributed by atoms with E-state index in [1.807, 2.05) is 12.4 Å². The molecule has 1 aromatic carbocycles. The lowest BCUT2D eigenvalue weighted by molar-refractivity contribution is 0.729. The van der Waals surface area contributed by atoms with Crippen molar-refractivity contribution in [3.63, 3.8) is 0 Å². The Morgan fingerprint density at radius 1 is 1.27 bits per heavy atom. The summed E-state index contributed by atoms with van der Waals surface area (Å²) in [5.41, 5.74) is 2.85. The Kier molecular flexibility index (Phi) is 2.72. The van der Waals surface area contributed by atoms with E-state index in [0.717, 1.165) is 0 Å². The minimum Gasteiger partial charge on any atom is -0.264 e. The molecule has 1 heterocycles. The summed E-state index contributed by atoms with van der Waals surface area (Å²) >= 11 is 0. The summed E-state index contributed by atoms with van der Waals surface area (Å²) in [6, 6.07) is 6.63. The molecule has 1 heteroatoms. The summed E-state index contributed by atoms with van der Waals surface area (Å²) in [6.07, 6.45) is 4.98. The van der Waals surface area contributed by atoms with Crippen LogP contribution in [-0.2, 0) is 0 Å². The third-order valence-corrected chi connectivity index (χ3v) is 3.17. The van der Waals surface area contributed by atoms with E-state index < -0.39 is 0 Å². The van der Waals surface area contributed by atoms with Crippen LogP contribution in [0.3, 0.4) is 0 Å². The quantitative estimate of drug-likeness (QED) is 0.710. The van der Waals surface area contributed by atoms with E-state index in [0.29, 0.717) is 5.92 Å². The summed E-state index contributed by atoms with van der Waals surface area (Å²) in [7, 11) is 0. The van der Waals surface area contributed by atoms with Crippen LogP contribution in [-0.4, -0.2) is 4.98 Å². The molecule has 0 saturated heterocycles. The topological polar surface area (TPSA) is 12.9 Å². The van der Waals surface area contributed by atoms with Gasteiger partial charge in [-0.3, -0.25) is 4.98 Å². The van der Waals surface area contributed by atoms with Gasteiger partial charge in [-0.1, -0.05) is 19.9 Å². The second kappa shape index (κ2) is 4.01. The van der Waals surface area contributed by atoms with Crippen LogP contribution in [0.5, 0.6) is 0 Å². The summed E-state index contributed by atoms with van der Waals surface area (Å²) < 4.78 is 0. The Morgan fingerprint density at radius 2 is 2.07 bits per heavy atom. The molecule has 78 valence electrons. The lowest BCUT2D eigenvalue weighted by Gasteiger charge is -2.13. The van der Waals surface area contributed by atoms with Crippen molar-refractivity contribution in [1.29, 1.82) is 0 Å². The molecule has 0 fully saturated rings. The van der Waals surface area contributed by atoms with Gasteiger partial charge in [0.25, 0.3) is 0 Å². The number of fused-ring (bicyclic) bond motifs is 1. The van der Waals surface area contributed by atoms with Crippen molar-refractivity contribution in [3.8, 4) is 0 Å². The molecule has 0 N–H and O–H groups in total. The van der Waals surface area contributed by atoms with Crippen molar-refractivity contribution in [2.45, 2.75) is 33.1 Å². The minimum absolute atomic E-state index is 0.641. The number of aryl methyl sites for hydroxylation is 1. The van der Waals surface area contributed by atoms with Gasteiger partial charge in [0.05, 0.1) is 0 Å². The number of pyridine rings is 1. The first-order valence-electron chi connectivity index (χ1n) is 5.56. The Morgan fingerprint density at radius 3 is 2.80 bits per heavy atom. The van der Waals surface area contributed by atoms with E-state index in [2.05, 4.69) is 44.0 Å². The molecule has 0 radical (unpaired) electrons. The van der Waals surface area contributed by atoms with Crippen molar-refractivity contribution in [3.05, 3.63) is 41.7 Å². The smallest absolute Gasteiger partial charge is 0.0346 e. The van der Waals surface area contributed by atoms with Crippen molar-refractivity contribution in [2.75, 3.05) is 0 Å². The molecule has 0 aliphatic heterocycles. The molecule has 0 bridgehead atoms. The Balaban J connectivity index is 2.61. The largest absolute Gasteiger partial charge is 0.264 e. The molecule has 1 unspecified atom stereocenters. The van der Waals surface area contributed by atoms with Gasteiger partial charge in [0.2, 0.25) is 0 Å². The third kappa shape index (κ3) is 1.87. The molecule has 0 amide bonds. The second-order valence-corrected chi connectivity index (χ2v) is 4.24. The van der Waals surface area contributed by atoms with Crippen molar-refractivity contribution in [2.24, 2.45) is 0 Å². The molecule has 1 atom stereocenters. The first-order valence-corrected chi connectivity index (χ1v) is 5.56. The number of hydrogen-bond acceptors (Lipinski definition) is 1. The normalized spacial score (nSPS) is 13.0. The lowest BCUT2D eigenvalue weighted by Crippen LogP contribution is -1.95. The van der Waals surface area contributed by atoms with Crippen molar-refractivity contribution in [1.82, 2.24) is 4.98 Å². The maximum atomic E-state index is 4.15. The zero-order valence-electron chi connectivity index (χ0n) is 9.62. The number of rotatable bonds is 2. The highest BCUT2D eigenvalue weighted by molar-refractivity contribution is 5.83. The molecular formula is C14H17N. The summed E-state index contributed by atoms with van der Waals surface area (Å²) in [4.78, 5) is 4.15. The monoisotopic (exact) mass is 199 g/mol. The highest BCUT2D eigenvalue weighted by Gasteiger charge is 2.07. The molecule has 15 heavy (non-hydrogen) atoms. The first-order chi connectivity index (χ1) is 7.22. The number of nitrogens with zero attached hydrogens (tertiary/aromatic N) is 1. The molecule has 0 saturated carbocycles. The molecular weight excluding hydrogens is 182 g/mol. The summed E-state index contributed by atoms with van der Waals surface area (Å²) in [5.74, 6) is 0.641. The maximum absolute atomic E-state index is 4.15. The van der Waals surface area contributed by atoms with Crippen LogP contribution < -0.4 is 0 Å². The Hall–Kier alpha value is -1.37. The molecule has 2 aromatic rings. The molecule has 1 aromatic heterocycles. The van der Waals surface area contributed by atoms with E-state index in [-0.39, 0.29) is 0 Å². The SMILES string of the molecule is CCC(C)c1cc2ccncc2cc1C. The number of hydrogen-bond donors (Lipinski definition) is 0. The number of benzene rings is 1. The standard InChI is InChI=1S/C14H17N/c1-4-10(2)14-8-12-5-6-15-9-13(12)7-11(14)3/h5-10H,4H2,1-3H3. The highest BCUT2D eigenvalue weighted by atomic mass is 14.6. The van der Waals surface area contributed by atoms with E-state index in [1.165, 1.54) is 28.3 Å². The Labute approximate surface area is 91.2 Å². The van der Waals surface area contributed by atoms with Gasteiger partial charge < -0.3 is 0 Å². The van der Waals surface area contributed by atoms with Crippen LogP contribution in [0.2, 0.25) is 0 Å². The average molecular weight is 199 g/mol. The summed E-state index contributed by atoms with van der Waals surface area (Å²) in [5, 5.41) is 2.54. The number of aromatic nitrogens is 1. The van der Waals surface area contributed by atoms with Crippen molar-refractivity contribution < 1.29 is 0 Å². The fourth-order valence-corrected chi connectivity index (χ4v) is 2.02. The van der Waals surface area contributed by atoms with Crippen LogP contribution in [0.15, 0.2) is 30.6 Å². The van der Waals surface area contributed by atoms with Crippen LogP contribution in [0.4, 0.5) is 0 Å². The van der Waals surface area contributed by atoms with Crippen LogP contribution in [0.1, 0.15) is 37.3 Å². The van der Waals surface area contributed by atoms with E-state index >= 15 is 0 Å². The molecule has 0 aliphatic rings. The zero-order chi connectivity index (χ0) is 10.8. The van der Waals surface area contributed by atoms with Gasteiger partial charge in [0.15, 0.2) is 0 Å². The van der Waals surface area contributed by atoms with E-state index in [1.54, 1.807) is 0 Å². The zero-order valence-corrected chi connectivity index (χ0v) is 9.62. The van der Waals surface area contributed by atoms with Gasteiger partial charge in [-0.05, 0) is 47.9 Å². The van der Waals surface area contributed by atoms with E-state index in [9.17, 15) is 0 Å². The van der Waals surface area contributed by atoms with Crippen LogP contribution in [0, 0.1) is 6.92 Å². The maximum Gasteiger partial charge on any atom is 0.0346 e. The van der Waals surface area contributed by atoms with Gasteiger partial charge in [-0.15, -0.1) is 0 Å². The predicted molar refractivity (Wildman–Crippen MR) is 65.2 cm³/mol. The molecule has 1 nitrogen and oxygen atoms in total. The van der Waals surface area contributed by atoms with Gasteiger partial charge in [-0.2, -0.15) is 0 Å². The highest BCUT2D eigenvalue weighted by Crippen LogP contribution is 2.26. The summed E-state index contributed by atoms with van der Waals surface area (Å²) in [6.45, 7) is 6.71. The van der Waals surface area contributed by atoms with Gasteiger partial charge in [-0.25, -0.2) is 0 Å². The first kappa shape index (κ1) is 10.2. The minimum atomic E-state index is 0.641. The third-order valence-electron chi connectivity index (χ3n) is 3.17. The Bertz CT molecular complexity index is 474. The fourth-order valence-electron chi connectivity index (χ4n) is 2.02. The molecule has 2 rings (SSSR count). The van der Waals surface area contributed by atoms with E-state index in [4.69, 9.17) is 0 Å². The van der Waals surface area contributed by atoms with Crippen LogP contribution >= 0.6 is 0 Å². The predicted octanol–water partition coefficient (Wildman–Crippen LogP) is 4.06. The van der Waals surface area contributed by atoms with Gasteiger partial charge in [0, 0.05) is 17.8 Å². The van der Waals surface area contributed by atoms with Crippen LogP contribution in [0.25, 0.3) is 10.8 Å². The van der Waals surface area contributed by atoms with Gasteiger partial charge >= 0.3 is 0 Å². The lowest BCUT2D eigenvalue weighted by atomic mass is 9.92. The fraction of sp³-hybridized carbons (Fsp3) is 0.357. The van der Waals surface area contributed by atoms with Gasteiger partial charge in [0.1, 0.15) is 0 Å².